The highest BCUT2D eigenvalue weighted by atomic mass is 32.2. The molecule has 2 atom stereocenters. The lowest BCUT2D eigenvalue weighted by Crippen LogP contribution is -2.29. The van der Waals surface area contributed by atoms with E-state index in [0.29, 0.717) is 18.4 Å². The lowest BCUT2D eigenvalue weighted by atomic mass is 9.84. The number of fused-ring (bicyclic) bond motifs is 1. The first-order chi connectivity index (χ1) is 15.1. The first kappa shape index (κ1) is 20.4. The smallest absolute Gasteiger partial charge is 0.263 e. The number of nitrogens with one attached hydrogen (secondary N) is 2. The third kappa shape index (κ3) is 4.30. The predicted molar refractivity (Wildman–Crippen MR) is 120 cm³/mol. The molecular formula is C22H24N4O3S2. The Labute approximate surface area is 186 Å². The highest BCUT2D eigenvalue weighted by Crippen LogP contribution is 2.37. The van der Waals surface area contributed by atoms with Crippen LogP contribution >= 0.6 is 11.5 Å². The van der Waals surface area contributed by atoms with Crippen molar-refractivity contribution in [2.24, 2.45) is 0 Å². The summed E-state index contributed by atoms with van der Waals surface area (Å²) in [4.78, 5) is 4.04. The van der Waals surface area contributed by atoms with Crippen molar-refractivity contribution < 1.29 is 13.2 Å². The van der Waals surface area contributed by atoms with Gasteiger partial charge in [-0.2, -0.15) is 4.37 Å². The van der Waals surface area contributed by atoms with Crippen LogP contribution in [-0.2, 0) is 16.4 Å². The first-order valence-electron chi connectivity index (χ1n) is 10.5. The van der Waals surface area contributed by atoms with E-state index >= 15 is 0 Å². The summed E-state index contributed by atoms with van der Waals surface area (Å²) in [6.07, 6.45) is 5.78. The molecule has 1 unspecified atom stereocenters. The third-order valence-electron chi connectivity index (χ3n) is 5.96. The molecule has 1 aromatic heterocycles. The minimum atomic E-state index is -3.73. The van der Waals surface area contributed by atoms with Crippen molar-refractivity contribution in [3.8, 4) is 5.75 Å². The van der Waals surface area contributed by atoms with Gasteiger partial charge >= 0.3 is 0 Å². The fourth-order valence-corrected chi connectivity index (χ4v) is 6.11. The van der Waals surface area contributed by atoms with Crippen LogP contribution in [0.25, 0.3) is 0 Å². The van der Waals surface area contributed by atoms with E-state index in [4.69, 9.17) is 4.74 Å². The predicted octanol–water partition coefficient (Wildman–Crippen LogP) is 3.87. The molecule has 0 amide bonds. The molecule has 3 aromatic rings. The van der Waals surface area contributed by atoms with E-state index in [1.165, 1.54) is 30.3 Å². The van der Waals surface area contributed by atoms with Crippen LogP contribution in [0.5, 0.6) is 5.75 Å². The van der Waals surface area contributed by atoms with Gasteiger partial charge in [0, 0.05) is 29.6 Å². The number of anilines is 1. The van der Waals surface area contributed by atoms with Gasteiger partial charge in [-0.25, -0.2) is 13.4 Å². The normalized spacial score (nSPS) is 21.2. The fourth-order valence-electron chi connectivity index (χ4n) is 4.43. The van der Waals surface area contributed by atoms with Gasteiger partial charge in [0.25, 0.3) is 10.0 Å². The zero-order valence-electron chi connectivity index (χ0n) is 17.0. The molecule has 0 radical (unpaired) electrons. The third-order valence-corrected chi connectivity index (χ3v) is 8.01. The number of nitrogens with zero attached hydrogens (tertiary/aromatic N) is 2. The average Bonchev–Trinajstić information content (AvgIpc) is 3.31. The number of rotatable bonds is 5. The van der Waals surface area contributed by atoms with Gasteiger partial charge in [-0.3, -0.25) is 4.72 Å². The van der Waals surface area contributed by atoms with Crippen molar-refractivity contribution in [3.63, 3.8) is 0 Å². The van der Waals surface area contributed by atoms with Gasteiger partial charge in [0.15, 0.2) is 0 Å². The quantitative estimate of drug-likeness (QED) is 0.605. The minimum Gasteiger partial charge on any atom is -0.493 e. The molecule has 1 saturated heterocycles. The van der Waals surface area contributed by atoms with Crippen LogP contribution in [0.15, 0.2) is 53.7 Å². The molecule has 2 aliphatic rings. The SMILES string of the molecule is O=S(=O)(Nc1ncns1)c1ccc2c(c1)OCC(c1ccccc1[C@@H]1CCCCN1)C2. The van der Waals surface area contributed by atoms with Gasteiger partial charge in [-0.05, 0) is 48.6 Å². The summed E-state index contributed by atoms with van der Waals surface area (Å²) in [6, 6.07) is 14.1. The number of hydrogen-bond donors (Lipinski definition) is 2. The van der Waals surface area contributed by atoms with Gasteiger partial charge in [0.2, 0.25) is 5.13 Å². The van der Waals surface area contributed by atoms with Crippen molar-refractivity contribution >= 4 is 26.7 Å². The van der Waals surface area contributed by atoms with Crippen LogP contribution in [0.3, 0.4) is 0 Å². The summed E-state index contributed by atoms with van der Waals surface area (Å²) in [6.45, 7) is 1.59. The Bertz CT molecular complexity index is 1160. The second kappa shape index (κ2) is 8.57. The van der Waals surface area contributed by atoms with Crippen molar-refractivity contribution in [2.45, 2.75) is 42.5 Å². The van der Waals surface area contributed by atoms with Crippen LogP contribution in [0.2, 0.25) is 0 Å². The van der Waals surface area contributed by atoms with Crippen LogP contribution in [0, 0.1) is 0 Å². The molecule has 3 heterocycles. The molecule has 5 rings (SSSR count). The Morgan fingerprint density at radius 2 is 2.00 bits per heavy atom. The lowest BCUT2D eigenvalue weighted by molar-refractivity contribution is 0.260. The molecule has 162 valence electrons. The zero-order valence-corrected chi connectivity index (χ0v) is 18.6. The summed E-state index contributed by atoms with van der Waals surface area (Å²) in [5, 5.41) is 3.90. The molecule has 0 saturated carbocycles. The number of aromatic nitrogens is 2. The number of sulfonamides is 1. The standard InChI is InChI=1S/C22H24N4O3S2/c27-31(28,26-22-24-14-25-30-22)17-9-8-15-11-16(13-29-21(15)12-17)18-5-1-2-6-19(18)20-7-3-4-10-23-20/h1-2,5-6,8-9,12,14,16,20,23H,3-4,7,10-11,13H2,(H,24,25,26)/t16?,20-/m0/s1. The Hall–Kier alpha value is -2.49. The number of piperidine rings is 1. The second-order valence-corrected chi connectivity index (χ2v) is 10.4. The van der Waals surface area contributed by atoms with Crippen molar-refractivity contribution in [1.82, 2.24) is 14.7 Å². The molecule has 0 bridgehead atoms. The molecule has 2 aromatic carbocycles. The summed E-state index contributed by atoms with van der Waals surface area (Å²) in [5.41, 5.74) is 3.71. The average molecular weight is 457 g/mol. The van der Waals surface area contributed by atoms with Crippen LogP contribution in [0.1, 0.15) is 47.9 Å². The molecule has 31 heavy (non-hydrogen) atoms. The van der Waals surface area contributed by atoms with E-state index in [1.807, 2.05) is 6.07 Å². The molecule has 1 fully saturated rings. The monoisotopic (exact) mass is 456 g/mol. The van der Waals surface area contributed by atoms with E-state index in [9.17, 15) is 8.42 Å². The highest BCUT2D eigenvalue weighted by Gasteiger charge is 2.27. The van der Waals surface area contributed by atoms with Crippen LogP contribution < -0.4 is 14.8 Å². The number of hydrogen-bond acceptors (Lipinski definition) is 7. The lowest BCUT2D eigenvalue weighted by Gasteiger charge is -2.31. The molecule has 9 heteroatoms. The summed E-state index contributed by atoms with van der Waals surface area (Å²) in [7, 11) is -3.73. The van der Waals surface area contributed by atoms with Gasteiger partial charge in [-0.15, -0.1) is 0 Å². The van der Waals surface area contributed by atoms with Gasteiger partial charge in [0.1, 0.15) is 12.1 Å². The van der Waals surface area contributed by atoms with Gasteiger partial charge in [0.05, 0.1) is 11.5 Å². The highest BCUT2D eigenvalue weighted by molar-refractivity contribution is 7.93. The zero-order chi connectivity index (χ0) is 21.3. The van der Waals surface area contributed by atoms with E-state index in [1.54, 1.807) is 12.1 Å². The second-order valence-electron chi connectivity index (χ2n) is 7.96. The van der Waals surface area contributed by atoms with Crippen molar-refractivity contribution in [1.29, 1.82) is 0 Å². The maximum Gasteiger partial charge on any atom is 0.263 e. The Morgan fingerprint density at radius 3 is 2.77 bits per heavy atom. The molecule has 0 spiro atoms. The Kier molecular flexibility index (Phi) is 5.64. The summed E-state index contributed by atoms with van der Waals surface area (Å²) >= 11 is 0.996. The van der Waals surface area contributed by atoms with Crippen molar-refractivity contribution in [2.75, 3.05) is 17.9 Å². The largest absolute Gasteiger partial charge is 0.493 e. The molecule has 2 N–H and O–H groups in total. The maximum atomic E-state index is 12.7. The van der Waals surface area contributed by atoms with Crippen LogP contribution in [0.4, 0.5) is 5.13 Å². The minimum absolute atomic E-state index is 0.159. The fraction of sp³-hybridized carbons (Fsp3) is 0.364. The first-order valence-corrected chi connectivity index (χ1v) is 12.7. The van der Waals surface area contributed by atoms with E-state index in [0.717, 1.165) is 36.5 Å². The molecular weight excluding hydrogens is 432 g/mol. The summed E-state index contributed by atoms with van der Waals surface area (Å²) < 4.78 is 37.7. The summed E-state index contributed by atoms with van der Waals surface area (Å²) in [5.74, 6) is 0.874. The van der Waals surface area contributed by atoms with Gasteiger partial charge in [-0.1, -0.05) is 36.8 Å². The van der Waals surface area contributed by atoms with Crippen molar-refractivity contribution in [3.05, 3.63) is 65.5 Å². The Morgan fingerprint density at radius 1 is 1.13 bits per heavy atom. The van der Waals surface area contributed by atoms with E-state index in [2.05, 4.69) is 43.7 Å². The Balaban J connectivity index is 1.37. The van der Waals surface area contributed by atoms with E-state index in [-0.39, 0.29) is 15.9 Å². The number of ether oxygens (including phenoxy) is 1. The molecule has 2 aliphatic heterocycles. The van der Waals surface area contributed by atoms with Gasteiger partial charge < -0.3 is 10.1 Å². The molecule has 7 nitrogen and oxygen atoms in total. The van der Waals surface area contributed by atoms with E-state index < -0.39 is 10.0 Å². The topological polar surface area (TPSA) is 93.2 Å². The molecule has 0 aliphatic carbocycles. The van der Waals surface area contributed by atoms with Crippen LogP contribution in [-0.4, -0.2) is 30.9 Å². The number of benzene rings is 2. The maximum absolute atomic E-state index is 12.7.